The highest BCUT2D eigenvalue weighted by molar-refractivity contribution is 14.1. The third-order valence-electron chi connectivity index (χ3n) is 1.12. The predicted molar refractivity (Wildman–Crippen MR) is 42.9 cm³/mol. The topological polar surface area (TPSA) is 3.88 Å². The number of rotatable bonds is 0. The molecule has 1 rings (SSSR count). The van der Waals surface area contributed by atoms with Crippen LogP contribution in [0.25, 0.3) is 0 Å². The second-order valence-corrected chi connectivity index (χ2v) is 4.30. The summed E-state index contributed by atoms with van der Waals surface area (Å²) in [4.78, 5) is 0. The summed E-state index contributed by atoms with van der Waals surface area (Å²) in [6.07, 6.45) is 0. The summed E-state index contributed by atoms with van der Waals surface area (Å²) < 4.78 is 3.51. The second kappa shape index (κ2) is 4.07. The molecule has 1 aromatic heterocycles. The van der Waals surface area contributed by atoms with Crippen molar-refractivity contribution in [1.29, 1.82) is 0 Å². The highest BCUT2D eigenvalue weighted by atomic mass is 127. The lowest BCUT2D eigenvalue weighted by Gasteiger charge is -1.79. The van der Waals surface area contributed by atoms with Crippen LogP contribution >= 0.6 is 33.9 Å². The van der Waals surface area contributed by atoms with Gasteiger partial charge in [0.1, 0.15) is 7.05 Å². The lowest BCUT2D eigenvalue weighted by Crippen LogP contribution is -3.00. The zero-order valence-corrected chi connectivity index (χ0v) is 10.3. The monoisotopic (exact) mass is 367 g/mol. The zero-order chi connectivity index (χ0) is 6.15. The molecule has 0 aromatic carbocycles. The summed E-state index contributed by atoms with van der Waals surface area (Å²) in [6, 6.07) is 0. The number of hydrogen-bond donors (Lipinski definition) is 0. The first-order chi connectivity index (χ1) is 3.72. The van der Waals surface area contributed by atoms with Crippen molar-refractivity contribution in [3.8, 4) is 0 Å². The third kappa shape index (κ3) is 2.30. The van der Waals surface area contributed by atoms with Crippen LogP contribution in [0.4, 0.5) is 0 Å². The molecule has 0 aliphatic rings. The lowest BCUT2D eigenvalue weighted by molar-refractivity contribution is -0.684. The second-order valence-electron chi connectivity index (χ2n) is 1.69. The van der Waals surface area contributed by atoms with E-state index in [1.807, 2.05) is 0 Å². The van der Waals surface area contributed by atoms with Gasteiger partial charge in [-0.3, -0.25) is 0 Å². The molecule has 0 atom stereocenters. The Kier molecular flexibility index (Phi) is 4.56. The van der Waals surface area contributed by atoms with Gasteiger partial charge in [-0.2, -0.15) is 4.57 Å². The van der Waals surface area contributed by atoms with Crippen LogP contribution in [0, 0.1) is 9.94 Å². The Morgan fingerprint density at radius 2 is 2.22 bits per heavy atom. The molecular formula is C5H7I2NS. The maximum absolute atomic E-state index is 2.33. The number of aryl methyl sites for hydroxylation is 1. The summed E-state index contributed by atoms with van der Waals surface area (Å²) in [6.45, 7) is 2.11. The van der Waals surface area contributed by atoms with Gasteiger partial charge in [-0.15, -0.1) is 0 Å². The Morgan fingerprint density at radius 3 is 2.33 bits per heavy atom. The molecule has 1 aromatic rings. The average molecular weight is 367 g/mol. The van der Waals surface area contributed by atoms with Crippen molar-refractivity contribution in [2.45, 2.75) is 6.92 Å². The molecule has 1 nitrogen and oxygen atoms in total. The van der Waals surface area contributed by atoms with E-state index in [4.69, 9.17) is 0 Å². The number of hydrogen-bond acceptors (Lipinski definition) is 1. The van der Waals surface area contributed by atoms with Gasteiger partial charge in [0.25, 0.3) is 3.01 Å². The minimum absolute atomic E-state index is 0. The van der Waals surface area contributed by atoms with E-state index in [0.717, 1.165) is 0 Å². The van der Waals surface area contributed by atoms with Crippen molar-refractivity contribution in [3.05, 3.63) is 14.1 Å². The van der Waals surface area contributed by atoms with Gasteiger partial charge in [-0.05, 0) is 0 Å². The Morgan fingerprint density at radius 1 is 1.67 bits per heavy atom. The molecule has 0 unspecified atom stereocenters. The maximum Gasteiger partial charge on any atom is 0.297 e. The molecular weight excluding hydrogens is 360 g/mol. The van der Waals surface area contributed by atoms with Crippen LogP contribution in [0.15, 0.2) is 5.38 Å². The Bertz CT molecular complexity index is 177. The lowest BCUT2D eigenvalue weighted by atomic mass is 10.6. The largest absolute Gasteiger partial charge is 1.00 e. The van der Waals surface area contributed by atoms with E-state index in [1.54, 1.807) is 11.3 Å². The summed E-state index contributed by atoms with van der Waals surface area (Å²) in [7, 11) is 2.08. The van der Waals surface area contributed by atoms with E-state index in [9.17, 15) is 0 Å². The number of halogens is 2. The number of nitrogens with zero attached hydrogens (tertiary/aromatic N) is 1. The van der Waals surface area contributed by atoms with Gasteiger partial charge >= 0.3 is 0 Å². The molecule has 0 amide bonds. The van der Waals surface area contributed by atoms with E-state index in [0.29, 0.717) is 0 Å². The Labute approximate surface area is 89.6 Å². The van der Waals surface area contributed by atoms with E-state index in [2.05, 4.69) is 46.5 Å². The van der Waals surface area contributed by atoms with Crippen LogP contribution in [-0.2, 0) is 7.05 Å². The minimum atomic E-state index is 0. The van der Waals surface area contributed by atoms with Crippen molar-refractivity contribution in [2.75, 3.05) is 0 Å². The molecule has 0 fully saturated rings. The first-order valence-electron chi connectivity index (χ1n) is 2.31. The van der Waals surface area contributed by atoms with Gasteiger partial charge < -0.3 is 24.0 Å². The molecule has 0 saturated carbocycles. The molecule has 4 heteroatoms. The van der Waals surface area contributed by atoms with E-state index in [1.165, 1.54) is 8.71 Å². The Hall–Kier alpha value is 1.09. The highest BCUT2D eigenvalue weighted by Gasteiger charge is 2.06. The van der Waals surface area contributed by atoms with Crippen molar-refractivity contribution in [1.82, 2.24) is 0 Å². The molecule has 0 radical (unpaired) electrons. The predicted octanol–water partition coefficient (Wildman–Crippen LogP) is -1.51. The van der Waals surface area contributed by atoms with Crippen molar-refractivity contribution in [3.63, 3.8) is 0 Å². The number of thiazole rings is 1. The third-order valence-corrected chi connectivity index (χ3v) is 3.53. The summed E-state index contributed by atoms with van der Waals surface area (Å²) in [5, 5.41) is 2.15. The van der Waals surface area contributed by atoms with Crippen molar-refractivity contribution < 1.29 is 28.5 Å². The van der Waals surface area contributed by atoms with Gasteiger partial charge in [-0.1, -0.05) is 11.3 Å². The molecule has 52 valence electrons. The molecule has 0 aliphatic carbocycles. The fourth-order valence-corrected chi connectivity index (χ4v) is 1.92. The summed E-state index contributed by atoms with van der Waals surface area (Å²) in [5.74, 6) is 0. The molecule has 0 spiro atoms. The normalized spacial score (nSPS) is 8.78. The van der Waals surface area contributed by atoms with Crippen LogP contribution in [0.2, 0.25) is 0 Å². The number of aromatic nitrogens is 1. The van der Waals surface area contributed by atoms with Gasteiger partial charge in [0.05, 0.1) is 28.0 Å². The molecule has 9 heavy (non-hydrogen) atoms. The van der Waals surface area contributed by atoms with Gasteiger partial charge in [0.15, 0.2) is 5.69 Å². The summed E-state index contributed by atoms with van der Waals surface area (Å²) in [5.41, 5.74) is 1.33. The Balaban J connectivity index is 0.000000640. The van der Waals surface area contributed by atoms with Crippen molar-refractivity contribution >= 4 is 33.9 Å². The van der Waals surface area contributed by atoms with Crippen LogP contribution in [-0.4, -0.2) is 0 Å². The zero-order valence-electron chi connectivity index (χ0n) is 5.19. The molecule has 1 heterocycles. The van der Waals surface area contributed by atoms with Gasteiger partial charge in [0, 0.05) is 6.92 Å². The van der Waals surface area contributed by atoms with Crippen LogP contribution < -0.4 is 28.5 Å². The van der Waals surface area contributed by atoms with Gasteiger partial charge in [-0.25, -0.2) is 0 Å². The average Bonchev–Trinajstić information content (AvgIpc) is 1.98. The van der Waals surface area contributed by atoms with Crippen LogP contribution in [0.1, 0.15) is 5.69 Å². The van der Waals surface area contributed by atoms with Crippen LogP contribution in [0.3, 0.4) is 0 Å². The molecule has 0 aliphatic heterocycles. The molecule has 0 N–H and O–H groups in total. The smallest absolute Gasteiger partial charge is 0.297 e. The first kappa shape index (κ1) is 10.1. The SMILES string of the molecule is Cc1csc(I)[n+]1C.[I-]. The first-order valence-corrected chi connectivity index (χ1v) is 4.27. The molecule has 0 saturated heterocycles. The van der Waals surface area contributed by atoms with E-state index >= 15 is 0 Å². The minimum Gasteiger partial charge on any atom is -1.00 e. The van der Waals surface area contributed by atoms with E-state index in [-0.39, 0.29) is 24.0 Å². The van der Waals surface area contributed by atoms with E-state index < -0.39 is 0 Å². The van der Waals surface area contributed by atoms with Gasteiger partial charge in [0.2, 0.25) is 0 Å². The molecule has 0 bridgehead atoms. The van der Waals surface area contributed by atoms with Crippen molar-refractivity contribution in [2.24, 2.45) is 7.05 Å². The summed E-state index contributed by atoms with van der Waals surface area (Å²) >= 11 is 4.11. The fraction of sp³-hybridized carbons (Fsp3) is 0.400. The van der Waals surface area contributed by atoms with Crippen LogP contribution in [0.5, 0.6) is 0 Å². The standard InChI is InChI=1S/C5H7INS.HI/c1-4-3-8-5(6)7(4)2;/h3H,1-2H3;1H/q+1;/p-1. The fourth-order valence-electron chi connectivity index (χ4n) is 0.431. The maximum atomic E-state index is 2.33. The quantitative estimate of drug-likeness (QED) is 0.388. The highest BCUT2D eigenvalue weighted by Crippen LogP contribution is 2.07.